The summed E-state index contributed by atoms with van der Waals surface area (Å²) in [5.74, 6) is -0.298. The molecule has 3 rings (SSSR count). The molecular formula is C22H24N2O4. The number of carbonyl (C=O) groups is 2. The SMILES string of the molecule is O=C(CO)CCc1cccc2c1ccn2CC(=O)N(CCO)c1ccccc1. The maximum Gasteiger partial charge on any atom is 0.246 e. The molecule has 6 nitrogen and oxygen atoms in total. The van der Waals surface area contributed by atoms with Crippen molar-refractivity contribution in [1.82, 2.24) is 4.57 Å². The summed E-state index contributed by atoms with van der Waals surface area (Å²) < 4.78 is 1.88. The maximum atomic E-state index is 12.9. The van der Waals surface area contributed by atoms with Gasteiger partial charge in [0.25, 0.3) is 0 Å². The number of anilines is 1. The molecule has 2 N–H and O–H groups in total. The quantitative estimate of drug-likeness (QED) is 0.596. The van der Waals surface area contributed by atoms with E-state index in [2.05, 4.69) is 0 Å². The van der Waals surface area contributed by atoms with Crippen LogP contribution in [0.3, 0.4) is 0 Å². The van der Waals surface area contributed by atoms with Crippen molar-refractivity contribution in [3.8, 4) is 0 Å². The Bertz CT molecular complexity index is 950. The van der Waals surface area contributed by atoms with E-state index in [9.17, 15) is 14.7 Å². The smallest absolute Gasteiger partial charge is 0.246 e. The van der Waals surface area contributed by atoms with Gasteiger partial charge in [-0.25, -0.2) is 0 Å². The van der Waals surface area contributed by atoms with Crippen molar-refractivity contribution in [2.24, 2.45) is 0 Å². The van der Waals surface area contributed by atoms with Crippen LogP contribution in [0.15, 0.2) is 60.8 Å². The summed E-state index contributed by atoms with van der Waals surface area (Å²) >= 11 is 0. The number of aromatic nitrogens is 1. The van der Waals surface area contributed by atoms with Gasteiger partial charge in [0.2, 0.25) is 5.91 Å². The highest BCUT2D eigenvalue weighted by molar-refractivity contribution is 5.94. The molecule has 6 heteroatoms. The number of aliphatic hydroxyl groups excluding tert-OH is 2. The molecule has 0 aliphatic heterocycles. The molecular weight excluding hydrogens is 356 g/mol. The van der Waals surface area contributed by atoms with E-state index in [1.54, 1.807) is 4.90 Å². The molecule has 3 aromatic rings. The van der Waals surface area contributed by atoms with E-state index in [1.165, 1.54) is 0 Å². The van der Waals surface area contributed by atoms with E-state index in [4.69, 9.17) is 5.11 Å². The summed E-state index contributed by atoms with van der Waals surface area (Å²) in [4.78, 5) is 25.9. The van der Waals surface area contributed by atoms with Gasteiger partial charge in [0.05, 0.1) is 6.61 Å². The molecule has 146 valence electrons. The molecule has 0 fully saturated rings. The number of hydrogen-bond acceptors (Lipinski definition) is 4. The summed E-state index contributed by atoms with van der Waals surface area (Å²) in [6.07, 6.45) is 2.70. The van der Waals surface area contributed by atoms with Crippen LogP contribution >= 0.6 is 0 Å². The number of hydrogen-bond donors (Lipinski definition) is 2. The van der Waals surface area contributed by atoms with E-state index in [0.29, 0.717) is 6.42 Å². The Labute approximate surface area is 163 Å². The van der Waals surface area contributed by atoms with Crippen LogP contribution in [0.4, 0.5) is 5.69 Å². The Morgan fingerprint density at radius 2 is 1.75 bits per heavy atom. The van der Waals surface area contributed by atoms with Crippen molar-refractivity contribution in [1.29, 1.82) is 0 Å². The van der Waals surface area contributed by atoms with Crippen LogP contribution in [0.2, 0.25) is 0 Å². The van der Waals surface area contributed by atoms with Crippen LogP contribution in [0.1, 0.15) is 12.0 Å². The zero-order chi connectivity index (χ0) is 19.9. The molecule has 0 saturated carbocycles. The first kappa shape index (κ1) is 19.8. The molecule has 1 heterocycles. The molecule has 0 saturated heterocycles. The van der Waals surface area contributed by atoms with Gasteiger partial charge in [-0.15, -0.1) is 0 Å². The molecule has 0 spiro atoms. The molecule has 0 bridgehead atoms. The molecule has 2 aromatic carbocycles. The van der Waals surface area contributed by atoms with E-state index in [1.807, 2.05) is 65.4 Å². The number of fused-ring (bicyclic) bond motifs is 1. The van der Waals surface area contributed by atoms with E-state index >= 15 is 0 Å². The van der Waals surface area contributed by atoms with Gasteiger partial charge in [-0.3, -0.25) is 9.59 Å². The fraction of sp³-hybridized carbons (Fsp3) is 0.273. The number of ketones is 1. The molecule has 0 aliphatic rings. The van der Waals surface area contributed by atoms with Gasteiger partial charge >= 0.3 is 0 Å². The molecule has 28 heavy (non-hydrogen) atoms. The minimum atomic E-state index is -0.439. The molecule has 1 amide bonds. The van der Waals surface area contributed by atoms with Crippen LogP contribution in [0.5, 0.6) is 0 Å². The Balaban J connectivity index is 1.82. The number of rotatable bonds is 9. The van der Waals surface area contributed by atoms with Crippen molar-refractivity contribution in [2.45, 2.75) is 19.4 Å². The maximum absolute atomic E-state index is 12.9. The van der Waals surface area contributed by atoms with Crippen LogP contribution < -0.4 is 4.90 Å². The second kappa shape index (κ2) is 9.30. The van der Waals surface area contributed by atoms with Crippen LogP contribution in [-0.2, 0) is 22.6 Å². The van der Waals surface area contributed by atoms with Gasteiger partial charge in [0.1, 0.15) is 13.2 Å². The first-order chi connectivity index (χ1) is 13.6. The lowest BCUT2D eigenvalue weighted by atomic mass is 10.0. The van der Waals surface area contributed by atoms with Gasteiger partial charge in [-0.2, -0.15) is 0 Å². The van der Waals surface area contributed by atoms with Gasteiger partial charge in [0.15, 0.2) is 5.78 Å². The van der Waals surface area contributed by atoms with Crippen molar-refractivity contribution < 1.29 is 19.8 Å². The van der Waals surface area contributed by atoms with Gasteiger partial charge < -0.3 is 19.7 Å². The zero-order valence-electron chi connectivity index (χ0n) is 15.6. The number of aliphatic hydroxyl groups is 2. The third-order valence-corrected chi connectivity index (χ3v) is 4.75. The summed E-state index contributed by atoms with van der Waals surface area (Å²) in [5.41, 5.74) is 2.68. The Morgan fingerprint density at radius 1 is 0.964 bits per heavy atom. The standard InChI is InChI=1S/C22H24N2O4/c25-14-13-24(18-6-2-1-3-7-18)22(28)15-23-12-11-20-17(5-4-8-21(20)23)9-10-19(27)16-26/h1-8,11-12,25-26H,9-10,13-16H2. The highest BCUT2D eigenvalue weighted by Gasteiger charge is 2.17. The predicted molar refractivity (Wildman–Crippen MR) is 108 cm³/mol. The van der Waals surface area contributed by atoms with Crippen molar-refractivity contribution in [3.63, 3.8) is 0 Å². The number of para-hydroxylation sites is 1. The van der Waals surface area contributed by atoms with Crippen LogP contribution in [0, 0.1) is 0 Å². The van der Waals surface area contributed by atoms with Gasteiger partial charge in [-0.05, 0) is 36.2 Å². The zero-order valence-corrected chi connectivity index (χ0v) is 15.6. The second-order valence-electron chi connectivity index (χ2n) is 6.59. The molecule has 0 atom stereocenters. The van der Waals surface area contributed by atoms with Crippen molar-refractivity contribution in [3.05, 3.63) is 66.4 Å². The first-order valence-electron chi connectivity index (χ1n) is 9.29. The lowest BCUT2D eigenvalue weighted by molar-refractivity contribution is -0.121. The third-order valence-electron chi connectivity index (χ3n) is 4.75. The van der Waals surface area contributed by atoms with Gasteiger partial charge in [-0.1, -0.05) is 30.3 Å². The molecule has 0 aliphatic carbocycles. The van der Waals surface area contributed by atoms with E-state index < -0.39 is 6.61 Å². The minimum absolute atomic E-state index is 0.112. The average molecular weight is 380 g/mol. The summed E-state index contributed by atoms with van der Waals surface area (Å²) in [6.45, 7) is -0.171. The van der Waals surface area contributed by atoms with E-state index in [0.717, 1.165) is 22.2 Å². The highest BCUT2D eigenvalue weighted by Crippen LogP contribution is 2.22. The topological polar surface area (TPSA) is 82.8 Å². The van der Waals surface area contributed by atoms with Crippen molar-refractivity contribution in [2.75, 3.05) is 24.7 Å². The number of aryl methyl sites for hydroxylation is 1. The van der Waals surface area contributed by atoms with Crippen molar-refractivity contribution >= 4 is 28.3 Å². The number of amides is 1. The minimum Gasteiger partial charge on any atom is -0.395 e. The summed E-state index contributed by atoms with van der Waals surface area (Å²) in [6, 6.07) is 17.0. The number of Topliss-reactive ketones (excluding diaryl/α,β-unsaturated/α-hetero) is 1. The van der Waals surface area contributed by atoms with Crippen LogP contribution in [0.25, 0.3) is 10.9 Å². The lowest BCUT2D eigenvalue weighted by Crippen LogP contribution is -2.36. The highest BCUT2D eigenvalue weighted by atomic mass is 16.3. The van der Waals surface area contributed by atoms with E-state index in [-0.39, 0.29) is 37.8 Å². The molecule has 0 unspecified atom stereocenters. The van der Waals surface area contributed by atoms with Gasteiger partial charge in [0, 0.05) is 35.8 Å². The fourth-order valence-corrected chi connectivity index (χ4v) is 3.33. The summed E-state index contributed by atoms with van der Waals surface area (Å²) in [5, 5.41) is 19.3. The third kappa shape index (κ3) is 4.47. The average Bonchev–Trinajstić information content (AvgIpc) is 3.14. The number of nitrogens with zero attached hydrogens (tertiary/aromatic N) is 2. The Hall–Kier alpha value is -2.96. The first-order valence-corrected chi connectivity index (χ1v) is 9.29. The molecule has 0 radical (unpaired) electrons. The monoisotopic (exact) mass is 380 g/mol. The van der Waals surface area contributed by atoms with Crippen LogP contribution in [-0.4, -0.2) is 46.2 Å². The number of carbonyl (C=O) groups excluding carboxylic acids is 2. The Morgan fingerprint density at radius 3 is 2.46 bits per heavy atom. The normalized spacial score (nSPS) is 10.9. The predicted octanol–water partition coefficient (Wildman–Crippen LogP) is 2.16. The Kier molecular flexibility index (Phi) is 6.57. The summed E-state index contributed by atoms with van der Waals surface area (Å²) in [7, 11) is 0. The molecule has 1 aromatic heterocycles. The second-order valence-corrected chi connectivity index (χ2v) is 6.59. The number of benzene rings is 2. The fourth-order valence-electron chi connectivity index (χ4n) is 3.33. The largest absolute Gasteiger partial charge is 0.395 e. The lowest BCUT2D eigenvalue weighted by Gasteiger charge is -2.22.